The Bertz CT molecular complexity index is 801. The summed E-state index contributed by atoms with van der Waals surface area (Å²) >= 11 is 0. The van der Waals surface area contributed by atoms with Gasteiger partial charge in [0.05, 0.1) is 12.2 Å². The minimum absolute atomic E-state index is 0.218. The molecule has 0 unspecified atom stereocenters. The van der Waals surface area contributed by atoms with E-state index < -0.39 is 10.0 Å². The van der Waals surface area contributed by atoms with Crippen molar-refractivity contribution in [3.63, 3.8) is 0 Å². The van der Waals surface area contributed by atoms with Crippen molar-refractivity contribution in [2.24, 2.45) is 4.99 Å². The summed E-state index contributed by atoms with van der Waals surface area (Å²) in [4.78, 5) is 8.48. The summed E-state index contributed by atoms with van der Waals surface area (Å²) in [6, 6.07) is 8.91. The van der Waals surface area contributed by atoms with Crippen LogP contribution in [0.5, 0.6) is 0 Å². The van der Waals surface area contributed by atoms with Gasteiger partial charge in [0.1, 0.15) is 4.90 Å². The lowest BCUT2D eigenvalue weighted by Gasteiger charge is -2.21. The summed E-state index contributed by atoms with van der Waals surface area (Å²) in [5.74, 6) is 0.218. The number of aryl methyl sites for hydroxylation is 1. The summed E-state index contributed by atoms with van der Waals surface area (Å²) in [7, 11) is -3.58. The standard InChI is InChI=1S/C14H14N4O2S/c1-10-4-5-12-13(7-10)21(19,20)18-14(17-12)16-9-11-3-2-6-15-8-11/h2-8H,9H2,1H3,(H2,16,17,18). The lowest BCUT2D eigenvalue weighted by molar-refractivity contribution is 0.591. The van der Waals surface area contributed by atoms with Crippen molar-refractivity contribution in [1.82, 2.24) is 9.71 Å². The largest absolute Gasteiger partial charge is 0.324 e. The van der Waals surface area contributed by atoms with Crippen LogP contribution in [0.2, 0.25) is 0 Å². The molecule has 2 aromatic rings. The number of guanidine groups is 1. The molecule has 0 radical (unpaired) electrons. The molecule has 0 bridgehead atoms. The summed E-state index contributed by atoms with van der Waals surface area (Å²) in [5, 5.41) is 2.99. The molecular weight excluding hydrogens is 288 g/mol. The number of nitrogens with one attached hydrogen (secondary N) is 2. The number of fused-ring (bicyclic) bond motifs is 1. The summed E-state index contributed by atoms with van der Waals surface area (Å²) < 4.78 is 26.8. The highest BCUT2D eigenvalue weighted by molar-refractivity contribution is 7.90. The van der Waals surface area contributed by atoms with Crippen LogP contribution in [0.1, 0.15) is 11.1 Å². The fraction of sp³-hybridized carbons (Fsp3) is 0.143. The molecular formula is C14H14N4O2S. The fourth-order valence-corrected chi connectivity index (χ4v) is 3.25. The molecule has 1 aliphatic heterocycles. The van der Waals surface area contributed by atoms with Crippen molar-refractivity contribution in [2.45, 2.75) is 18.4 Å². The molecule has 6 nitrogen and oxygen atoms in total. The van der Waals surface area contributed by atoms with Crippen molar-refractivity contribution in [1.29, 1.82) is 0 Å². The SMILES string of the molecule is Cc1ccc2c(c1)S(=O)(=O)NC(=NCc1cccnc1)N2. The summed E-state index contributed by atoms with van der Waals surface area (Å²) in [6.07, 6.45) is 3.37. The van der Waals surface area contributed by atoms with E-state index in [1.807, 2.05) is 25.1 Å². The van der Waals surface area contributed by atoms with Crippen molar-refractivity contribution < 1.29 is 8.42 Å². The van der Waals surface area contributed by atoms with Crippen LogP contribution in [0.3, 0.4) is 0 Å². The maximum atomic E-state index is 12.2. The van der Waals surface area contributed by atoms with Gasteiger partial charge in [-0.15, -0.1) is 0 Å². The highest BCUT2D eigenvalue weighted by atomic mass is 32.2. The van der Waals surface area contributed by atoms with Gasteiger partial charge in [0.2, 0.25) is 5.96 Å². The summed E-state index contributed by atoms with van der Waals surface area (Å²) in [6.45, 7) is 2.20. The van der Waals surface area contributed by atoms with Gasteiger partial charge in [0.25, 0.3) is 10.0 Å². The molecule has 108 valence electrons. The number of aromatic nitrogens is 1. The topological polar surface area (TPSA) is 83.5 Å². The van der Waals surface area contributed by atoms with Crippen LogP contribution in [-0.4, -0.2) is 19.4 Å². The molecule has 0 amide bonds. The third-order valence-electron chi connectivity index (χ3n) is 3.05. The van der Waals surface area contributed by atoms with Crippen LogP contribution in [0.25, 0.3) is 0 Å². The Hall–Kier alpha value is -2.41. The predicted octanol–water partition coefficient (Wildman–Crippen LogP) is 1.65. The molecule has 2 N–H and O–H groups in total. The minimum Gasteiger partial charge on any atom is -0.324 e. The Morgan fingerprint density at radius 1 is 1.29 bits per heavy atom. The number of hydrogen-bond donors (Lipinski definition) is 2. The van der Waals surface area contributed by atoms with Crippen molar-refractivity contribution >= 4 is 21.7 Å². The van der Waals surface area contributed by atoms with Crippen LogP contribution < -0.4 is 10.0 Å². The van der Waals surface area contributed by atoms with Gasteiger partial charge >= 0.3 is 0 Å². The Morgan fingerprint density at radius 3 is 2.90 bits per heavy atom. The number of benzene rings is 1. The van der Waals surface area contributed by atoms with Crippen LogP contribution in [0.4, 0.5) is 5.69 Å². The average Bonchev–Trinajstić information content (AvgIpc) is 2.47. The van der Waals surface area contributed by atoms with Gasteiger partial charge in [-0.3, -0.25) is 4.98 Å². The zero-order chi connectivity index (χ0) is 14.9. The zero-order valence-corrected chi connectivity index (χ0v) is 12.2. The molecule has 0 fully saturated rings. The first-order valence-corrected chi connectivity index (χ1v) is 7.87. The van der Waals surface area contributed by atoms with E-state index in [1.54, 1.807) is 24.5 Å². The molecule has 1 aliphatic rings. The smallest absolute Gasteiger partial charge is 0.266 e. The molecule has 0 saturated carbocycles. The van der Waals surface area contributed by atoms with E-state index in [2.05, 4.69) is 20.0 Å². The molecule has 3 rings (SSSR count). The van der Waals surface area contributed by atoms with E-state index in [1.165, 1.54) is 0 Å². The zero-order valence-electron chi connectivity index (χ0n) is 11.4. The number of sulfonamides is 1. The van der Waals surface area contributed by atoms with Gasteiger partial charge in [0, 0.05) is 12.4 Å². The molecule has 7 heteroatoms. The van der Waals surface area contributed by atoms with E-state index >= 15 is 0 Å². The maximum Gasteiger partial charge on any atom is 0.266 e. The fourth-order valence-electron chi connectivity index (χ4n) is 2.02. The van der Waals surface area contributed by atoms with Crippen molar-refractivity contribution in [2.75, 3.05) is 5.32 Å². The highest BCUT2D eigenvalue weighted by Crippen LogP contribution is 2.25. The van der Waals surface area contributed by atoms with Gasteiger partial charge in [-0.25, -0.2) is 18.1 Å². The average molecular weight is 302 g/mol. The van der Waals surface area contributed by atoms with E-state index in [0.29, 0.717) is 12.2 Å². The predicted molar refractivity (Wildman–Crippen MR) is 80.5 cm³/mol. The van der Waals surface area contributed by atoms with Gasteiger partial charge in [-0.1, -0.05) is 12.1 Å². The molecule has 21 heavy (non-hydrogen) atoms. The maximum absolute atomic E-state index is 12.2. The molecule has 0 atom stereocenters. The number of nitrogens with zero attached hydrogens (tertiary/aromatic N) is 2. The third-order valence-corrected chi connectivity index (χ3v) is 4.43. The van der Waals surface area contributed by atoms with E-state index in [9.17, 15) is 8.42 Å². The van der Waals surface area contributed by atoms with E-state index in [4.69, 9.17) is 0 Å². The molecule has 0 aliphatic carbocycles. The monoisotopic (exact) mass is 302 g/mol. The van der Waals surface area contributed by atoms with Gasteiger partial charge in [0.15, 0.2) is 0 Å². The first-order chi connectivity index (χ1) is 10.0. The van der Waals surface area contributed by atoms with E-state index in [0.717, 1.165) is 11.1 Å². The van der Waals surface area contributed by atoms with Crippen molar-refractivity contribution in [3.05, 3.63) is 53.9 Å². The summed E-state index contributed by atoms with van der Waals surface area (Å²) in [5.41, 5.74) is 2.32. The van der Waals surface area contributed by atoms with Gasteiger partial charge in [-0.05, 0) is 36.2 Å². The Morgan fingerprint density at radius 2 is 2.14 bits per heavy atom. The molecule has 1 aromatic carbocycles. The molecule has 0 spiro atoms. The lowest BCUT2D eigenvalue weighted by Crippen LogP contribution is -2.40. The van der Waals surface area contributed by atoms with Crippen LogP contribution in [0.15, 0.2) is 52.6 Å². The van der Waals surface area contributed by atoms with Crippen LogP contribution in [-0.2, 0) is 16.6 Å². The second kappa shape index (κ2) is 5.17. The number of rotatable bonds is 2. The highest BCUT2D eigenvalue weighted by Gasteiger charge is 2.26. The molecule has 0 saturated heterocycles. The van der Waals surface area contributed by atoms with Crippen molar-refractivity contribution in [3.8, 4) is 0 Å². The first kappa shape index (κ1) is 13.6. The number of anilines is 1. The second-order valence-electron chi connectivity index (χ2n) is 4.76. The number of pyridine rings is 1. The second-order valence-corrected chi connectivity index (χ2v) is 6.41. The van der Waals surface area contributed by atoms with Gasteiger partial charge in [-0.2, -0.15) is 0 Å². The van der Waals surface area contributed by atoms with Gasteiger partial charge < -0.3 is 5.32 Å². The lowest BCUT2D eigenvalue weighted by atomic mass is 10.2. The Balaban J connectivity index is 1.90. The number of hydrogen-bond acceptors (Lipinski definition) is 4. The first-order valence-electron chi connectivity index (χ1n) is 6.38. The molecule has 2 heterocycles. The molecule has 1 aromatic heterocycles. The third kappa shape index (κ3) is 2.87. The minimum atomic E-state index is -3.58. The normalized spacial score (nSPS) is 17.7. The van der Waals surface area contributed by atoms with Crippen LogP contribution in [0, 0.1) is 6.92 Å². The Labute approximate surface area is 123 Å². The Kier molecular flexibility index (Phi) is 3.34. The van der Waals surface area contributed by atoms with Crippen LogP contribution >= 0.6 is 0 Å². The number of aliphatic imine (C=N–C) groups is 1. The van der Waals surface area contributed by atoms with E-state index in [-0.39, 0.29) is 10.9 Å². The quantitative estimate of drug-likeness (QED) is 0.883.